The van der Waals surface area contributed by atoms with Crippen LogP contribution >= 0.6 is 11.6 Å². The molecule has 1 N–H and O–H groups in total. The zero-order valence-corrected chi connectivity index (χ0v) is 23.2. The average molecular weight is 543 g/mol. The first-order valence-electron chi connectivity index (χ1n) is 13.3. The van der Waals surface area contributed by atoms with E-state index in [4.69, 9.17) is 26.7 Å². The third-order valence-corrected chi connectivity index (χ3v) is 7.70. The number of benzene rings is 4. The van der Waals surface area contributed by atoms with Crippen LogP contribution in [0.3, 0.4) is 0 Å². The molecule has 0 saturated heterocycles. The second-order valence-electron chi connectivity index (χ2n) is 10.2. The molecular weight excluding hydrogens is 516 g/mol. The summed E-state index contributed by atoms with van der Waals surface area (Å²) in [5.41, 5.74) is 9.23. The van der Waals surface area contributed by atoms with Crippen LogP contribution in [0.4, 0.5) is 22.9 Å². The van der Waals surface area contributed by atoms with Crippen molar-refractivity contribution in [1.29, 1.82) is 0 Å². The largest absolute Gasteiger partial charge is 0.335 e. The Kier molecular flexibility index (Phi) is 5.79. The van der Waals surface area contributed by atoms with E-state index in [-0.39, 0.29) is 6.04 Å². The zero-order chi connectivity index (χ0) is 27.4. The monoisotopic (exact) mass is 542 g/mol. The molecule has 196 valence electrons. The van der Waals surface area contributed by atoms with Crippen LogP contribution in [0.25, 0.3) is 5.69 Å². The van der Waals surface area contributed by atoms with Crippen LogP contribution in [-0.2, 0) is 0 Å². The summed E-state index contributed by atoms with van der Waals surface area (Å²) in [5.74, 6) is 2.22. The number of rotatable bonds is 3. The molecule has 0 spiro atoms. The van der Waals surface area contributed by atoms with Gasteiger partial charge in [-0.25, -0.2) is 14.7 Å². The van der Waals surface area contributed by atoms with Crippen molar-refractivity contribution in [2.45, 2.75) is 26.8 Å². The standard InChI is InChI=1S/C33H27ClN6/c1-20-13-18-26(21(2)19-20)35-31-33-37-32-29(22(3)38-40(32)25-9-5-4-6-10-25)30(23-14-16-24(34)17-15-23)39(33)28-12-8-7-11-27(28)36-31/h4-19,30H,1-3H3,(H,35,36)/t30-/m0/s1. The maximum absolute atomic E-state index is 6.34. The number of fused-ring (bicyclic) bond motifs is 4. The highest BCUT2D eigenvalue weighted by Crippen LogP contribution is 2.47. The number of aliphatic imine (C=N–C) groups is 2. The van der Waals surface area contributed by atoms with E-state index in [0.717, 1.165) is 56.8 Å². The third-order valence-electron chi connectivity index (χ3n) is 7.45. The van der Waals surface area contributed by atoms with E-state index in [2.05, 4.69) is 91.7 Å². The van der Waals surface area contributed by atoms with Crippen molar-refractivity contribution in [1.82, 2.24) is 9.78 Å². The van der Waals surface area contributed by atoms with Gasteiger partial charge in [0.25, 0.3) is 0 Å². The zero-order valence-electron chi connectivity index (χ0n) is 22.4. The number of para-hydroxylation sites is 3. The molecule has 1 aromatic heterocycles. The molecule has 6 nitrogen and oxygen atoms in total. The van der Waals surface area contributed by atoms with Crippen molar-refractivity contribution >= 4 is 46.2 Å². The number of nitrogens with one attached hydrogen (secondary N) is 1. The van der Waals surface area contributed by atoms with Crippen molar-refractivity contribution in [3.8, 4) is 5.69 Å². The fourth-order valence-corrected chi connectivity index (χ4v) is 5.72. The summed E-state index contributed by atoms with van der Waals surface area (Å²) in [6, 6.07) is 32.6. The molecule has 7 rings (SSSR count). The lowest BCUT2D eigenvalue weighted by molar-refractivity contribution is 0.816. The lowest BCUT2D eigenvalue weighted by Gasteiger charge is -2.42. The minimum Gasteiger partial charge on any atom is -0.335 e. The Morgan fingerprint density at radius 1 is 0.850 bits per heavy atom. The lowest BCUT2D eigenvalue weighted by atomic mass is 9.93. The topological polar surface area (TPSA) is 57.8 Å². The van der Waals surface area contributed by atoms with Gasteiger partial charge in [0.15, 0.2) is 17.5 Å². The molecule has 2 aliphatic heterocycles. The number of anilines is 2. The molecule has 0 saturated carbocycles. The predicted molar refractivity (Wildman–Crippen MR) is 164 cm³/mol. The molecule has 0 unspecified atom stereocenters. The molecule has 40 heavy (non-hydrogen) atoms. The molecule has 2 aliphatic rings. The summed E-state index contributed by atoms with van der Waals surface area (Å²) in [6.45, 7) is 6.24. The Morgan fingerprint density at radius 3 is 2.38 bits per heavy atom. The number of hydrogen-bond acceptors (Lipinski definition) is 4. The van der Waals surface area contributed by atoms with Crippen molar-refractivity contribution in [2.75, 3.05) is 10.2 Å². The fourth-order valence-electron chi connectivity index (χ4n) is 5.59. The number of halogens is 1. The Labute approximate surface area is 238 Å². The summed E-state index contributed by atoms with van der Waals surface area (Å²) in [7, 11) is 0. The van der Waals surface area contributed by atoms with Crippen LogP contribution in [0, 0.1) is 20.8 Å². The molecule has 1 atom stereocenters. The molecule has 4 aromatic carbocycles. The first kappa shape index (κ1) is 24.4. The first-order valence-corrected chi connectivity index (χ1v) is 13.7. The quantitative estimate of drug-likeness (QED) is 0.250. The third kappa shape index (κ3) is 4.00. The summed E-state index contributed by atoms with van der Waals surface area (Å²) in [6.07, 6.45) is 0. The predicted octanol–water partition coefficient (Wildman–Crippen LogP) is 8.25. The van der Waals surface area contributed by atoms with Crippen LogP contribution < -0.4 is 10.2 Å². The van der Waals surface area contributed by atoms with E-state index in [9.17, 15) is 0 Å². The maximum atomic E-state index is 6.34. The Hall–Kier alpha value is -4.68. The van der Waals surface area contributed by atoms with Gasteiger partial charge in [0.05, 0.1) is 34.5 Å². The minimum absolute atomic E-state index is 0.190. The van der Waals surface area contributed by atoms with E-state index in [1.54, 1.807) is 0 Å². The van der Waals surface area contributed by atoms with Gasteiger partial charge >= 0.3 is 0 Å². The molecule has 0 bridgehead atoms. The van der Waals surface area contributed by atoms with Crippen LogP contribution in [-0.4, -0.2) is 21.5 Å². The van der Waals surface area contributed by atoms with Crippen LogP contribution in [0.5, 0.6) is 0 Å². The number of aromatic nitrogens is 2. The average Bonchev–Trinajstić information content (AvgIpc) is 3.30. The summed E-state index contributed by atoms with van der Waals surface area (Å²) >= 11 is 6.34. The second kappa shape index (κ2) is 9.50. The molecule has 5 aromatic rings. The number of hydrogen-bond donors (Lipinski definition) is 1. The molecule has 0 aliphatic carbocycles. The Morgan fingerprint density at radius 2 is 1.60 bits per heavy atom. The highest BCUT2D eigenvalue weighted by atomic mass is 35.5. The Balaban J connectivity index is 1.53. The van der Waals surface area contributed by atoms with Gasteiger partial charge < -0.3 is 10.2 Å². The first-order chi connectivity index (χ1) is 19.5. The summed E-state index contributed by atoms with van der Waals surface area (Å²) in [5, 5.41) is 9.29. The van der Waals surface area contributed by atoms with Gasteiger partial charge in [-0.15, -0.1) is 0 Å². The van der Waals surface area contributed by atoms with Crippen molar-refractivity contribution in [2.24, 2.45) is 9.98 Å². The summed E-state index contributed by atoms with van der Waals surface area (Å²) < 4.78 is 1.94. The van der Waals surface area contributed by atoms with Gasteiger partial charge in [0.1, 0.15) is 0 Å². The van der Waals surface area contributed by atoms with Crippen LogP contribution in [0.2, 0.25) is 5.02 Å². The summed E-state index contributed by atoms with van der Waals surface area (Å²) in [4.78, 5) is 12.7. The highest BCUT2D eigenvalue weighted by Gasteiger charge is 2.41. The van der Waals surface area contributed by atoms with Gasteiger partial charge in [0.2, 0.25) is 0 Å². The van der Waals surface area contributed by atoms with Gasteiger partial charge in [-0.05, 0) is 74.4 Å². The van der Waals surface area contributed by atoms with Gasteiger partial charge in [-0.1, -0.05) is 71.8 Å². The van der Waals surface area contributed by atoms with Gasteiger partial charge in [-0.3, -0.25) is 0 Å². The highest BCUT2D eigenvalue weighted by molar-refractivity contribution is 6.52. The lowest BCUT2D eigenvalue weighted by Crippen LogP contribution is -2.48. The molecule has 0 radical (unpaired) electrons. The molecule has 3 heterocycles. The number of amidine groups is 2. The van der Waals surface area contributed by atoms with E-state index in [1.807, 2.05) is 41.1 Å². The van der Waals surface area contributed by atoms with Gasteiger partial charge in [-0.2, -0.15) is 5.10 Å². The van der Waals surface area contributed by atoms with Crippen molar-refractivity contribution in [3.63, 3.8) is 0 Å². The molecular formula is C33H27ClN6. The van der Waals surface area contributed by atoms with Crippen LogP contribution in [0.1, 0.15) is 34.0 Å². The van der Waals surface area contributed by atoms with E-state index in [1.165, 1.54) is 5.56 Å². The van der Waals surface area contributed by atoms with Crippen LogP contribution in [0.15, 0.2) is 107 Å². The SMILES string of the molecule is Cc1ccc(N=C2Nc3ccccc3N3C2=Nc2c(c(C)nn2-c2ccccc2)[C@@H]3c2ccc(Cl)cc2)c(C)c1. The van der Waals surface area contributed by atoms with E-state index in [0.29, 0.717) is 10.9 Å². The molecule has 0 fully saturated rings. The number of nitrogens with zero attached hydrogens (tertiary/aromatic N) is 5. The Bertz CT molecular complexity index is 1820. The van der Waals surface area contributed by atoms with Crippen molar-refractivity contribution in [3.05, 3.63) is 130 Å². The van der Waals surface area contributed by atoms with E-state index < -0.39 is 0 Å². The number of aryl methyl sites for hydroxylation is 3. The smallest absolute Gasteiger partial charge is 0.179 e. The molecule has 7 heteroatoms. The van der Waals surface area contributed by atoms with E-state index >= 15 is 0 Å². The molecule has 0 amide bonds. The van der Waals surface area contributed by atoms with Gasteiger partial charge in [0, 0.05) is 10.6 Å². The van der Waals surface area contributed by atoms with Crippen molar-refractivity contribution < 1.29 is 0 Å². The second-order valence-corrected chi connectivity index (χ2v) is 10.7. The minimum atomic E-state index is -0.190. The fraction of sp³-hybridized carbons (Fsp3) is 0.121. The maximum Gasteiger partial charge on any atom is 0.179 e. The normalized spacial score (nSPS) is 16.6.